The lowest BCUT2D eigenvalue weighted by molar-refractivity contribution is -0.00824. The molecule has 25 heavy (non-hydrogen) atoms. The van der Waals surface area contributed by atoms with Gasteiger partial charge in [-0.25, -0.2) is 9.59 Å². The molecule has 1 aromatic carbocycles. The molecule has 0 saturated carbocycles. The SMILES string of the molecule is CCc1ccc(C(=O)OC(C)CC(C)OC(=O)OCC(C)(C)C)cc1. The molecule has 0 bridgehead atoms. The van der Waals surface area contributed by atoms with Crippen LogP contribution >= 0.6 is 0 Å². The molecule has 0 aliphatic heterocycles. The van der Waals surface area contributed by atoms with Crippen LogP contribution < -0.4 is 0 Å². The average molecular weight is 350 g/mol. The van der Waals surface area contributed by atoms with Crippen molar-refractivity contribution >= 4 is 12.1 Å². The first-order chi connectivity index (χ1) is 11.6. The van der Waals surface area contributed by atoms with E-state index in [1.807, 2.05) is 32.9 Å². The van der Waals surface area contributed by atoms with Crippen molar-refractivity contribution in [1.82, 2.24) is 0 Å². The van der Waals surface area contributed by atoms with Gasteiger partial charge in [-0.1, -0.05) is 39.8 Å². The second-order valence-corrected chi connectivity index (χ2v) is 7.53. The molecule has 0 spiro atoms. The average Bonchev–Trinajstić information content (AvgIpc) is 2.52. The monoisotopic (exact) mass is 350 g/mol. The highest BCUT2D eigenvalue weighted by Gasteiger charge is 2.20. The van der Waals surface area contributed by atoms with Crippen molar-refractivity contribution in [3.05, 3.63) is 35.4 Å². The van der Waals surface area contributed by atoms with Gasteiger partial charge in [0.05, 0.1) is 12.2 Å². The summed E-state index contributed by atoms with van der Waals surface area (Å²) in [4.78, 5) is 23.8. The molecular weight excluding hydrogens is 320 g/mol. The van der Waals surface area contributed by atoms with E-state index in [1.54, 1.807) is 26.0 Å². The summed E-state index contributed by atoms with van der Waals surface area (Å²) >= 11 is 0. The van der Waals surface area contributed by atoms with Crippen LogP contribution in [0.15, 0.2) is 24.3 Å². The van der Waals surface area contributed by atoms with Crippen molar-refractivity contribution in [1.29, 1.82) is 0 Å². The molecule has 0 aliphatic carbocycles. The first-order valence-corrected chi connectivity index (χ1v) is 8.74. The maximum atomic E-state index is 12.1. The fourth-order valence-electron chi connectivity index (χ4n) is 2.16. The lowest BCUT2D eigenvalue weighted by Crippen LogP contribution is -2.25. The maximum Gasteiger partial charge on any atom is 0.508 e. The van der Waals surface area contributed by atoms with Crippen molar-refractivity contribution in [2.24, 2.45) is 5.41 Å². The number of carbonyl (C=O) groups is 2. The summed E-state index contributed by atoms with van der Waals surface area (Å²) in [6.45, 7) is 11.8. The molecule has 2 unspecified atom stereocenters. The van der Waals surface area contributed by atoms with Gasteiger partial charge in [-0.05, 0) is 43.4 Å². The van der Waals surface area contributed by atoms with Crippen LogP contribution in [0.5, 0.6) is 0 Å². The lowest BCUT2D eigenvalue weighted by atomic mass is 9.99. The van der Waals surface area contributed by atoms with E-state index in [9.17, 15) is 9.59 Å². The topological polar surface area (TPSA) is 61.8 Å². The van der Waals surface area contributed by atoms with E-state index in [1.165, 1.54) is 5.56 Å². The van der Waals surface area contributed by atoms with Crippen molar-refractivity contribution in [2.75, 3.05) is 6.61 Å². The van der Waals surface area contributed by atoms with Gasteiger partial charge >= 0.3 is 12.1 Å². The van der Waals surface area contributed by atoms with Gasteiger partial charge in [-0.2, -0.15) is 0 Å². The summed E-state index contributed by atoms with van der Waals surface area (Å²) in [5, 5.41) is 0. The highest BCUT2D eigenvalue weighted by molar-refractivity contribution is 5.89. The summed E-state index contributed by atoms with van der Waals surface area (Å²) < 4.78 is 15.6. The molecule has 1 aromatic rings. The zero-order valence-electron chi connectivity index (χ0n) is 16.1. The minimum Gasteiger partial charge on any atom is -0.459 e. The fourth-order valence-corrected chi connectivity index (χ4v) is 2.16. The predicted octanol–water partition coefficient (Wildman–Crippen LogP) is 4.77. The van der Waals surface area contributed by atoms with E-state index in [0.717, 1.165) is 6.42 Å². The molecule has 0 radical (unpaired) electrons. The van der Waals surface area contributed by atoms with Gasteiger partial charge in [0.1, 0.15) is 12.2 Å². The summed E-state index contributed by atoms with van der Waals surface area (Å²) in [5.74, 6) is -0.377. The molecule has 5 nitrogen and oxygen atoms in total. The van der Waals surface area contributed by atoms with Crippen LogP contribution in [0.3, 0.4) is 0 Å². The highest BCUT2D eigenvalue weighted by Crippen LogP contribution is 2.15. The zero-order valence-corrected chi connectivity index (χ0v) is 16.1. The number of aryl methyl sites for hydroxylation is 1. The summed E-state index contributed by atoms with van der Waals surface area (Å²) in [6.07, 6.45) is -0.146. The molecule has 0 fully saturated rings. The van der Waals surface area contributed by atoms with Crippen LogP contribution in [0.25, 0.3) is 0 Å². The minimum absolute atomic E-state index is 0.113. The van der Waals surface area contributed by atoms with Gasteiger partial charge in [0.2, 0.25) is 0 Å². The smallest absolute Gasteiger partial charge is 0.459 e. The fraction of sp³-hybridized carbons (Fsp3) is 0.600. The molecule has 0 amide bonds. The molecular formula is C20H30O5. The molecule has 0 saturated heterocycles. The van der Waals surface area contributed by atoms with Crippen molar-refractivity contribution in [3.63, 3.8) is 0 Å². The van der Waals surface area contributed by atoms with E-state index in [4.69, 9.17) is 14.2 Å². The van der Waals surface area contributed by atoms with Gasteiger partial charge < -0.3 is 14.2 Å². The van der Waals surface area contributed by atoms with Crippen LogP contribution in [0.4, 0.5) is 4.79 Å². The Bertz CT molecular complexity index is 556. The summed E-state index contributed by atoms with van der Waals surface area (Å²) in [7, 11) is 0. The number of esters is 1. The lowest BCUT2D eigenvalue weighted by Gasteiger charge is -2.21. The van der Waals surface area contributed by atoms with Crippen LogP contribution in [-0.4, -0.2) is 30.9 Å². The van der Waals surface area contributed by atoms with Crippen LogP contribution in [-0.2, 0) is 20.6 Å². The number of hydrogen-bond donors (Lipinski definition) is 0. The van der Waals surface area contributed by atoms with Crippen LogP contribution in [0.1, 0.15) is 63.9 Å². The molecule has 2 atom stereocenters. The summed E-state index contributed by atoms with van der Waals surface area (Å²) in [6, 6.07) is 7.35. The first kappa shape index (κ1) is 21.0. The van der Waals surface area contributed by atoms with Gasteiger partial charge in [-0.15, -0.1) is 0 Å². The van der Waals surface area contributed by atoms with Crippen molar-refractivity contribution in [2.45, 2.75) is 66.6 Å². The third kappa shape index (κ3) is 8.57. The summed E-state index contributed by atoms with van der Waals surface area (Å²) in [5.41, 5.74) is 1.57. The second kappa shape index (κ2) is 9.44. The van der Waals surface area contributed by atoms with Crippen molar-refractivity contribution in [3.8, 4) is 0 Å². The number of rotatable bonds is 7. The third-order valence-corrected chi connectivity index (χ3v) is 3.49. The molecule has 0 heterocycles. The Labute approximate surface area is 150 Å². The van der Waals surface area contributed by atoms with E-state index in [0.29, 0.717) is 12.0 Å². The van der Waals surface area contributed by atoms with E-state index >= 15 is 0 Å². The third-order valence-electron chi connectivity index (χ3n) is 3.49. The molecule has 0 aromatic heterocycles. The number of hydrogen-bond acceptors (Lipinski definition) is 5. The largest absolute Gasteiger partial charge is 0.508 e. The second-order valence-electron chi connectivity index (χ2n) is 7.53. The standard InChI is InChI=1S/C20H30O5/c1-7-16-8-10-17(11-9-16)18(21)24-14(2)12-15(3)25-19(22)23-13-20(4,5)6/h8-11,14-15H,7,12-13H2,1-6H3. The van der Waals surface area contributed by atoms with Gasteiger partial charge in [0.15, 0.2) is 0 Å². The molecule has 140 valence electrons. The maximum absolute atomic E-state index is 12.1. The van der Waals surface area contributed by atoms with Crippen LogP contribution in [0, 0.1) is 5.41 Å². The molecule has 0 N–H and O–H groups in total. The van der Waals surface area contributed by atoms with E-state index in [2.05, 4.69) is 6.92 Å². The first-order valence-electron chi connectivity index (χ1n) is 8.74. The zero-order chi connectivity index (χ0) is 19.0. The van der Waals surface area contributed by atoms with Gasteiger partial charge in [0, 0.05) is 6.42 Å². The Morgan fingerprint density at radius 1 is 1.00 bits per heavy atom. The van der Waals surface area contributed by atoms with E-state index < -0.39 is 12.3 Å². The minimum atomic E-state index is -0.698. The van der Waals surface area contributed by atoms with E-state index in [-0.39, 0.29) is 24.1 Å². The van der Waals surface area contributed by atoms with Gasteiger partial charge in [0.25, 0.3) is 0 Å². The van der Waals surface area contributed by atoms with Gasteiger partial charge in [-0.3, -0.25) is 0 Å². The normalized spacial score (nSPS) is 13.7. The predicted molar refractivity (Wildman–Crippen MR) is 96.7 cm³/mol. The van der Waals surface area contributed by atoms with Crippen molar-refractivity contribution < 1.29 is 23.8 Å². The molecule has 0 aliphatic rings. The highest BCUT2D eigenvalue weighted by atomic mass is 16.7. The Morgan fingerprint density at radius 3 is 2.08 bits per heavy atom. The Balaban J connectivity index is 2.40. The Morgan fingerprint density at radius 2 is 1.56 bits per heavy atom. The molecule has 5 heteroatoms. The number of carbonyl (C=O) groups excluding carboxylic acids is 2. The number of benzene rings is 1. The van der Waals surface area contributed by atoms with Crippen LogP contribution in [0.2, 0.25) is 0 Å². The Kier molecular flexibility index (Phi) is 7.94. The Hall–Kier alpha value is -2.04. The quantitative estimate of drug-likeness (QED) is 0.663. The number of ether oxygens (including phenoxy) is 3. The molecule has 1 rings (SSSR count).